The molecule has 0 spiro atoms. The molecule has 0 atom stereocenters. The van der Waals surface area contributed by atoms with Crippen LogP contribution in [0.3, 0.4) is 0 Å². The molecule has 58 valence electrons. The molecule has 11 heavy (non-hydrogen) atoms. The Bertz CT molecular complexity index is 263. The number of rotatable bonds is 3. The van der Waals surface area contributed by atoms with Crippen molar-refractivity contribution in [3.8, 4) is 0 Å². The molecule has 0 N–H and O–H groups in total. The Kier molecular flexibility index (Phi) is 2.58. The van der Waals surface area contributed by atoms with Gasteiger partial charge in [-0.3, -0.25) is 0 Å². The van der Waals surface area contributed by atoms with Crippen molar-refractivity contribution in [2.45, 2.75) is 13.2 Å². The third-order valence-corrected chi connectivity index (χ3v) is 0.998. The van der Waals surface area contributed by atoms with E-state index in [-0.39, 0.29) is 6.54 Å². The number of ether oxygens (including phenoxy) is 1. The molecule has 0 aromatic carbocycles. The number of hydrogen-bond donors (Lipinski definition) is 0. The predicted molar refractivity (Wildman–Crippen MR) is 35.3 cm³/mol. The lowest BCUT2D eigenvalue weighted by atomic mass is 10.6. The van der Waals surface area contributed by atoms with Crippen molar-refractivity contribution in [1.29, 1.82) is 0 Å². The summed E-state index contributed by atoms with van der Waals surface area (Å²) >= 11 is 0. The van der Waals surface area contributed by atoms with Gasteiger partial charge in [-0.1, -0.05) is 5.16 Å². The monoisotopic (exact) mass is 153 g/mol. The summed E-state index contributed by atoms with van der Waals surface area (Å²) in [6.07, 6.45) is 0. The zero-order valence-corrected chi connectivity index (χ0v) is 6.07. The SMILES string of the molecule is [C-]#[N+]Cc1noc(COC)n1. The maximum Gasteiger partial charge on any atom is 0.276 e. The topological polar surface area (TPSA) is 52.5 Å². The lowest BCUT2D eigenvalue weighted by Gasteiger charge is -1.85. The second-order valence-corrected chi connectivity index (χ2v) is 1.85. The van der Waals surface area contributed by atoms with Crippen LogP contribution in [-0.4, -0.2) is 17.3 Å². The van der Waals surface area contributed by atoms with Gasteiger partial charge in [0.25, 0.3) is 18.3 Å². The largest absolute Gasteiger partial charge is 0.375 e. The van der Waals surface area contributed by atoms with E-state index in [2.05, 4.69) is 15.0 Å². The van der Waals surface area contributed by atoms with Gasteiger partial charge in [-0.15, -0.1) is 0 Å². The summed E-state index contributed by atoms with van der Waals surface area (Å²) in [5.74, 6) is 0.818. The predicted octanol–water partition coefficient (Wildman–Crippen LogP) is 0.635. The van der Waals surface area contributed by atoms with Gasteiger partial charge in [-0.25, -0.2) is 6.57 Å². The van der Waals surface area contributed by atoms with Gasteiger partial charge < -0.3 is 14.1 Å². The molecular formula is C6H7N3O2. The van der Waals surface area contributed by atoms with Gasteiger partial charge in [0.05, 0.1) is 0 Å². The average Bonchev–Trinajstić information content (AvgIpc) is 2.38. The minimum absolute atomic E-state index is 0.160. The third-order valence-electron chi connectivity index (χ3n) is 0.998. The van der Waals surface area contributed by atoms with Gasteiger partial charge in [0.15, 0.2) is 0 Å². The molecule has 0 aliphatic carbocycles. The van der Waals surface area contributed by atoms with Gasteiger partial charge in [-0.2, -0.15) is 4.98 Å². The minimum atomic E-state index is 0.160. The van der Waals surface area contributed by atoms with Crippen LogP contribution in [0.1, 0.15) is 11.7 Å². The lowest BCUT2D eigenvalue weighted by molar-refractivity contribution is 0.151. The highest BCUT2D eigenvalue weighted by molar-refractivity contribution is 4.87. The number of aromatic nitrogens is 2. The summed E-state index contributed by atoms with van der Waals surface area (Å²) < 4.78 is 9.47. The van der Waals surface area contributed by atoms with E-state index in [1.807, 2.05) is 0 Å². The quantitative estimate of drug-likeness (QED) is 0.598. The van der Waals surface area contributed by atoms with Crippen molar-refractivity contribution in [1.82, 2.24) is 10.1 Å². The van der Waals surface area contributed by atoms with Crippen molar-refractivity contribution < 1.29 is 9.26 Å². The molecule has 5 heteroatoms. The van der Waals surface area contributed by atoms with Crippen molar-refractivity contribution >= 4 is 0 Å². The fourth-order valence-corrected chi connectivity index (χ4v) is 0.607. The Hall–Kier alpha value is -1.41. The summed E-state index contributed by atoms with van der Waals surface area (Å²) in [7, 11) is 1.54. The molecule has 1 heterocycles. The zero-order valence-electron chi connectivity index (χ0n) is 6.07. The van der Waals surface area contributed by atoms with Gasteiger partial charge in [0.1, 0.15) is 6.61 Å². The van der Waals surface area contributed by atoms with E-state index < -0.39 is 0 Å². The molecule has 0 amide bonds. The number of hydrogen-bond acceptors (Lipinski definition) is 4. The fourth-order valence-electron chi connectivity index (χ4n) is 0.607. The molecule has 0 aliphatic rings. The normalized spacial score (nSPS) is 9.45. The van der Waals surface area contributed by atoms with Gasteiger partial charge in [0.2, 0.25) is 0 Å². The van der Waals surface area contributed by atoms with Crippen LogP contribution in [0.25, 0.3) is 4.85 Å². The maximum absolute atomic E-state index is 6.52. The van der Waals surface area contributed by atoms with Crippen LogP contribution in [0.4, 0.5) is 0 Å². The standard InChI is InChI=1S/C6H7N3O2/c1-7-3-5-8-6(4-10-2)11-9-5/h3-4H2,2H3. The zero-order chi connectivity index (χ0) is 8.10. The molecule has 0 saturated heterocycles. The van der Waals surface area contributed by atoms with E-state index in [1.54, 1.807) is 7.11 Å². The fraction of sp³-hybridized carbons (Fsp3) is 0.500. The van der Waals surface area contributed by atoms with E-state index in [4.69, 9.17) is 15.8 Å². The first-order valence-electron chi connectivity index (χ1n) is 3.00. The second kappa shape index (κ2) is 3.68. The Labute approximate surface area is 63.8 Å². The van der Waals surface area contributed by atoms with E-state index in [0.717, 1.165) is 0 Å². The van der Waals surface area contributed by atoms with Crippen LogP contribution in [-0.2, 0) is 17.9 Å². The van der Waals surface area contributed by atoms with Crippen LogP contribution in [0.2, 0.25) is 0 Å². The summed E-state index contributed by atoms with van der Waals surface area (Å²) in [5.41, 5.74) is 0. The smallest absolute Gasteiger partial charge is 0.276 e. The van der Waals surface area contributed by atoms with Crippen molar-refractivity contribution in [2.75, 3.05) is 7.11 Å². The average molecular weight is 153 g/mol. The van der Waals surface area contributed by atoms with Crippen molar-refractivity contribution in [3.63, 3.8) is 0 Å². The first kappa shape index (κ1) is 7.69. The minimum Gasteiger partial charge on any atom is -0.375 e. The molecule has 0 radical (unpaired) electrons. The summed E-state index contributed by atoms with van der Waals surface area (Å²) in [6, 6.07) is 0. The highest BCUT2D eigenvalue weighted by Crippen LogP contribution is 1.99. The molecule has 0 saturated carbocycles. The van der Waals surface area contributed by atoms with Crippen LogP contribution >= 0.6 is 0 Å². The van der Waals surface area contributed by atoms with Crippen molar-refractivity contribution in [2.24, 2.45) is 0 Å². The first-order valence-corrected chi connectivity index (χ1v) is 3.00. The van der Waals surface area contributed by atoms with E-state index in [9.17, 15) is 0 Å². The molecule has 1 rings (SSSR count). The molecule has 5 nitrogen and oxygen atoms in total. The summed E-state index contributed by atoms with van der Waals surface area (Å²) in [4.78, 5) is 6.98. The van der Waals surface area contributed by atoms with Gasteiger partial charge in [-0.05, 0) is 0 Å². The second-order valence-electron chi connectivity index (χ2n) is 1.85. The molecule has 1 aromatic rings. The van der Waals surface area contributed by atoms with E-state index in [1.165, 1.54) is 0 Å². The molecule has 0 bridgehead atoms. The van der Waals surface area contributed by atoms with Crippen molar-refractivity contribution in [3.05, 3.63) is 23.1 Å². The molecule has 0 unspecified atom stereocenters. The van der Waals surface area contributed by atoms with Gasteiger partial charge >= 0.3 is 0 Å². The first-order chi connectivity index (χ1) is 5.36. The van der Waals surface area contributed by atoms with Crippen LogP contribution < -0.4 is 0 Å². The Morgan fingerprint density at radius 1 is 1.73 bits per heavy atom. The van der Waals surface area contributed by atoms with Gasteiger partial charge in [0, 0.05) is 7.11 Å². The summed E-state index contributed by atoms with van der Waals surface area (Å²) in [6.45, 7) is 6.98. The Morgan fingerprint density at radius 2 is 2.55 bits per heavy atom. The molecular weight excluding hydrogens is 146 g/mol. The van der Waals surface area contributed by atoms with Crippen LogP contribution in [0.15, 0.2) is 4.52 Å². The highest BCUT2D eigenvalue weighted by atomic mass is 16.5. The van der Waals surface area contributed by atoms with Crippen LogP contribution in [0.5, 0.6) is 0 Å². The van der Waals surface area contributed by atoms with Crippen LogP contribution in [0, 0.1) is 6.57 Å². The van der Waals surface area contributed by atoms with E-state index >= 15 is 0 Å². The molecule has 0 fully saturated rings. The molecule has 1 aromatic heterocycles. The Balaban J connectivity index is 2.60. The molecule has 0 aliphatic heterocycles. The third kappa shape index (κ3) is 2.02. The number of methoxy groups -OCH3 is 1. The highest BCUT2D eigenvalue weighted by Gasteiger charge is 2.06. The summed E-state index contributed by atoms with van der Waals surface area (Å²) in [5, 5.41) is 3.54. The van der Waals surface area contributed by atoms with E-state index in [0.29, 0.717) is 18.3 Å². The Morgan fingerprint density at radius 3 is 3.18 bits per heavy atom. The maximum atomic E-state index is 6.52. The lowest BCUT2D eigenvalue weighted by Crippen LogP contribution is -1.87. The number of nitrogens with zero attached hydrogens (tertiary/aromatic N) is 3.